The van der Waals surface area contributed by atoms with Gasteiger partial charge in [0.25, 0.3) is 0 Å². The van der Waals surface area contributed by atoms with Crippen LogP contribution in [-0.2, 0) is 0 Å². The first-order chi connectivity index (χ1) is 8.65. The Morgan fingerprint density at radius 2 is 1.95 bits per heavy atom. The van der Waals surface area contributed by atoms with E-state index >= 15 is 0 Å². The number of halogens is 2. The van der Waals surface area contributed by atoms with Crippen molar-refractivity contribution in [1.82, 2.24) is 4.90 Å². The van der Waals surface area contributed by atoms with Gasteiger partial charge in [0.15, 0.2) is 5.96 Å². The second-order valence-corrected chi connectivity index (χ2v) is 5.73. The minimum absolute atomic E-state index is 0. The molecule has 0 unspecified atom stereocenters. The highest BCUT2D eigenvalue weighted by molar-refractivity contribution is 14.0. The number of benzene rings is 1. The van der Waals surface area contributed by atoms with Crippen LogP contribution in [0.15, 0.2) is 29.3 Å². The topological polar surface area (TPSA) is 41.6 Å². The molecule has 0 amide bonds. The van der Waals surface area contributed by atoms with Crippen LogP contribution in [0.3, 0.4) is 0 Å². The van der Waals surface area contributed by atoms with Crippen molar-refractivity contribution in [1.29, 1.82) is 0 Å². The van der Waals surface area contributed by atoms with Gasteiger partial charge in [-0.05, 0) is 37.0 Å². The SMILES string of the molecule is CN(C(N)=N[C@@H]1C[C@H]1c1ccc(Cl)cc1)C1CC1.I. The maximum atomic E-state index is 6.02. The van der Waals surface area contributed by atoms with E-state index < -0.39 is 0 Å². The molecular weight excluding hydrogens is 373 g/mol. The van der Waals surface area contributed by atoms with E-state index in [1.54, 1.807) is 0 Å². The monoisotopic (exact) mass is 391 g/mol. The lowest BCUT2D eigenvalue weighted by atomic mass is 10.1. The van der Waals surface area contributed by atoms with Gasteiger partial charge in [0.05, 0.1) is 6.04 Å². The largest absolute Gasteiger partial charge is 0.370 e. The molecule has 2 aliphatic rings. The highest BCUT2D eigenvalue weighted by atomic mass is 127. The summed E-state index contributed by atoms with van der Waals surface area (Å²) in [5.41, 5.74) is 7.33. The summed E-state index contributed by atoms with van der Waals surface area (Å²) < 4.78 is 0. The van der Waals surface area contributed by atoms with E-state index in [0.29, 0.717) is 24.0 Å². The molecule has 0 bridgehead atoms. The van der Waals surface area contributed by atoms with E-state index in [9.17, 15) is 0 Å². The molecule has 0 aliphatic heterocycles. The highest BCUT2D eigenvalue weighted by Gasteiger charge is 2.39. The Labute approximate surface area is 136 Å². The lowest BCUT2D eigenvalue weighted by molar-refractivity contribution is 0.487. The fourth-order valence-corrected chi connectivity index (χ4v) is 2.43. The summed E-state index contributed by atoms with van der Waals surface area (Å²) in [5.74, 6) is 1.22. The second-order valence-electron chi connectivity index (χ2n) is 5.29. The van der Waals surface area contributed by atoms with E-state index in [0.717, 1.165) is 11.4 Å². The molecule has 0 spiro atoms. The molecule has 2 aliphatic carbocycles. The van der Waals surface area contributed by atoms with E-state index in [4.69, 9.17) is 17.3 Å². The lowest BCUT2D eigenvalue weighted by Crippen LogP contribution is -2.36. The average molecular weight is 392 g/mol. The number of rotatable bonds is 3. The lowest BCUT2D eigenvalue weighted by Gasteiger charge is -2.16. The van der Waals surface area contributed by atoms with E-state index in [2.05, 4.69) is 22.0 Å². The number of nitrogens with zero attached hydrogens (tertiary/aromatic N) is 2. The zero-order valence-corrected chi connectivity index (χ0v) is 14.0. The number of nitrogens with two attached hydrogens (primary N) is 1. The molecule has 1 aromatic rings. The van der Waals surface area contributed by atoms with Crippen LogP contribution in [0.2, 0.25) is 5.02 Å². The zero-order valence-electron chi connectivity index (χ0n) is 10.9. The summed E-state index contributed by atoms with van der Waals surface area (Å²) >= 11 is 5.89. The van der Waals surface area contributed by atoms with Crippen molar-refractivity contribution < 1.29 is 0 Å². The van der Waals surface area contributed by atoms with Crippen molar-refractivity contribution >= 4 is 41.5 Å². The van der Waals surface area contributed by atoms with Crippen molar-refractivity contribution in [3.8, 4) is 0 Å². The second kappa shape index (κ2) is 5.87. The number of hydrogen-bond acceptors (Lipinski definition) is 1. The quantitative estimate of drug-likeness (QED) is 0.488. The molecule has 0 heterocycles. The van der Waals surface area contributed by atoms with Crippen LogP contribution in [0.5, 0.6) is 0 Å². The number of guanidine groups is 1. The molecule has 0 aromatic heterocycles. The van der Waals surface area contributed by atoms with Crippen LogP contribution < -0.4 is 5.73 Å². The molecule has 0 saturated heterocycles. The molecule has 19 heavy (non-hydrogen) atoms. The predicted octanol–water partition coefficient (Wildman–Crippen LogP) is 3.22. The zero-order chi connectivity index (χ0) is 12.7. The fraction of sp³-hybridized carbons (Fsp3) is 0.500. The first-order valence-electron chi connectivity index (χ1n) is 6.46. The maximum Gasteiger partial charge on any atom is 0.191 e. The third-order valence-corrected chi connectivity index (χ3v) is 4.06. The Balaban J connectivity index is 0.00000133. The van der Waals surface area contributed by atoms with Crippen molar-refractivity contribution in [2.75, 3.05) is 7.05 Å². The van der Waals surface area contributed by atoms with E-state index in [-0.39, 0.29) is 24.0 Å². The van der Waals surface area contributed by atoms with Crippen LogP contribution >= 0.6 is 35.6 Å². The molecule has 104 valence electrons. The molecule has 3 rings (SSSR count). The Morgan fingerprint density at radius 3 is 2.53 bits per heavy atom. The summed E-state index contributed by atoms with van der Waals surface area (Å²) in [6.07, 6.45) is 3.59. The van der Waals surface area contributed by atoms with Gasteiger partial charge in [0, 0.05) is 24.0 Å². The molecule has 1 aromatic carbocycles. The smallest absolute Gasteiger partial charge is 0.191 e. The Morgan fingerprint density at radius 1 is 1.32 bits per heavy atom. The highest BCUT2D eigenvalue weighted by Crippen LogP contribution is 2.43. The number of hydrogen-bond donors (Lipinski definition) is 1. The standard InChI is InChI=1S/C14H18ClN3.HI/c1-18(11-6-7-11)14(16)17-13-8-12(13)9-2-4-10(15)5-3-9;/h2-5,11-13H,6-8H2,1H3,(H2,16,17);1H/t12-,13+;/m0./s1. The van der Waals surface area contributed by atoms with Crippen molar-refractivity contribution in [2.24, 2.45) is 10.7 Å². The first kappa shape index (κ1) is 14.9. The van der Waals surface area contributed by atoms with Gasteiger partial charge < -0.3 is 10.6 Å². The molecule has 2 fully saturated rings. The summed E-state index contributed by atoms with van der Waals surface area (Å²) in [6, 6.07) is 9.03. The maximum absolute atomic E-state index is 6.02. The van der Waals surface area contributed by atoms with Gasteiger partial charge in [0.1, 0.15) is 0 Å². The molecule has 2 N–H and O–H groups in total. The minimum atomic E-state index is 0. The summed E-state index contributed by atoms with van der Waals surface area (Å²) in [5, 5.41) is 0.785. The molecule has 3 nitrogen and oxygen atoms in total. The van der Waals surface area contributed by atoms with E-state index in [1.807, 2.05) is 19.2 Å². The normalized spacial score (nSPS) is 25.7. The molecular formula is C14H19ClIN3. The van der Waals surface area contributed by atoms with Gasteiger partial charge in [0.2, 0.25) is 0 Å². The molecule has 2 saturated carbocycles. The van der Waals surface area contributed by atoms with Gasteiger partial charge in [-0.3, -0.25) is 0 Å². The van der Waals surface area contributed by atoms with Gasteiger partial charge in [-0.2, -0.15) is 0 Å². The average Bonchev–Trinajstić information content (AvgIpc) is 3.23. The molecule has 2 atom stereocenters. The fourth-order valence-electron chi connectivity index (χ4n) is 2.30. The minimum Gasteiger partial charge on any atom is -0.370 e. The van der Waals surface area contributed by atoms with Crippen LogP contribution in [0, 0.1) is 0 Å². The van der Waals surface area contributed by atoms with Crippen LogP contribution in [-0.4, -0.2) is 30.0 Å². The van der Waals surface area contributed by atoms with Gasteiger partial charge in [-0.25, -0.2) is 4.99 Å². The van der Waals surface area contributed by atoms with Crippen LogP contribution in [0.25, 0.3) is 0 Å². The van der Waals surface area contributed by atoms with Crippen LogP contribution in [0.4, 0.5) is 0 Å². The Kier molecular flexibility index (Phi) is 4.61. The van der Waals surface area contributed by atoms with Crippen molar-refractivity contribution in [3.05, 3.63) is 34.9 Å². The van der Waals surface area contributed by atoms with E-state index in [1.165, 1.54) is 18.4 Å². The summed E-state index contributed by atoms with van der Waals surface area (Å²) in [4.78, 5) is 6.73. The first-order valence-corrected chi connectivity index (χ1v) is 6.84. The number of aliphatic imine (C=N–C) groups is 1. The summed E-state index contributed by atoms with van der Waals surface area (Å²) in [7, 11) is 2.04. The summed E-state index contributed by atoms with van der Waals surface area (Å²) in [6.45, 7) is 0. The van der Waals surface area contributed by atoms with Gasteiger partial charge in [-0.1, -0.05) is 23.7 Å². The van der Waals surface area contributed by atoms with Gasteiger partial charge >= 0.3 is 0 Å². The van der Waals surface area contributed by atoms with Gasteiger partial charge in [-0.15, -0.1) is 24.0 Å². The van der Waals surface area contributed by atoms with Crippen molar-refractivity contribution in [2.45, 2.75) is 37.3 Å². The molecule has 0 radical (unpaired) electrons. The Bertz CT molecular complexity index is 470. The molecule has 5 heteroatoms. The third-order valence-electron chi connectivity index (χ3n) is 3.81. The predicted molar refractivity (Wildman–Crippen MR) is 90.4 cm³/mol. The van der Waals surface area contributed by atoms with Crippen molar-refractivity contribution in [3.63, 3.8) is 0 Å². The third kappa shape index (κ3) is 3.54. The Hall–Kier alpha value is -0.490. The van der Waals surface area contributed by atoms with Crippen LogP contribution in [0.1, 0.15) is 30.7 Å².